The average Bonchev–Trinajstić information content (AvgIpc) is 3.61. The monoisotopic (exact) mass is 727 g/mol. The van der Waals surface area contributed by atoms with Crippen LogP contribution in [0, 0.1) is 23.7 Å². The highest BCUT2D eigenvalue weighted by Gasteiger charge is 2.41. The molecule has 3 N–H and O–H groups in total. The van der Waals surface area contributed by atoms with Crippen molar-refractivity contribution in [1.82, 2.24) is 29.4 Å². The van der Waals surface area contributed by atoms with Gasteiger partial charge in [-0.2, -0.15) is 8.42 Å². The summed E-state index contributed by atoms with van der Waals surface area (Å²) >= 11 is 6.36. The molecule has 2 aliphatic carbocycles. The molecule has 0 radical (unpaired) electrons. The lowest BCUT2D eigenvalue weighted by atomic mass is 9.63. The third-order valence-corrected chi connectivity index (χ3v) is 12.1. The maximum absolute atomic E-state index is 13.1. The van der Waals surface area contributed by atoms with E-state index in [2.05, 4.69) is 20.4 Å². The van der Waals surface area contributed by atoms with Crippen LogP contribution in [-0.4, -0.2) is 75.4 Å². The second-order valence-electron chi connectivity index (χ2n) is 14.4. The number of hydrogen-bond acceptors (Lipinski definition) is 9. The van der Waals surface area contributed by atoms with Crippen LogP contribution in [0.3, 0.4) is 0 Å². The molecular weight excluding hydrogens is 682 g/mol. The molecule has 2 amide bonds. The number of hydrogen-bond donors (Lipinski definition) is 3. The van der Waals surface area contributed by atoms with E-state index in [-0.39, 0.29) is 21.7 Å². The minimum Gasteiger partial charge on any atom is -0.477 e. The van der Waals surface area contributed by atoms with Crippen molar-refractivity contribution < 1.29 is 27.9 Å². The van der Waals surface area contributed by atoms with Gasteiger partial charge in [0.05, 0.1) is 12.2 Å². The number of carboxylic acid groups (broad SMARTS) is 1. The Labute approximate surface area is 298 Å². The topological polar surface area (TPSA) is 169 Å². The van der Waals surface area contributed by atoms with E-state index >= 15 is 0 Å². The molecule has 0 unspecified atom stereocenters. The van der Waals surface area contributed by atoms with Crippen LogP contribution in [0.4, 0.5) is 10.6 Å². The molecule has 1 saturated heterocycles. The summed E-state index contributed by atoms with van der Waals surface area (Å²) in [5.74, 6) is 2.88. The molecule has 6 rings (SSSR count). The lowest BCUT2D eigenvalue weighted by molar-refractivity contribution is 0.0720. The number of nitrogens with zero attached hydrogens (tertiary/aromatic N) is 5. The molecular formula is C35H46ClN7O6S. The van der Waals surface area contributed by atoms with Crippen molar-refractivity contribution in [2.24, 2.45) is 23.7 Å². The Bertz CT molecular complexity index is 1780. The molecule has 2 saturated carbocycles. The Hall–Kier alpha value is -3.91. The fraction of sp³-hybridized carbons (Fsp3) is 0.571. The predicted octanol–water partition coefficient (Wildman–Crippen LogP) is 6.39. The molecule has 15 heteroatoms. The van der Waals surface area contributed by atoms with Gasteiger partial charge >= 0.3 is 6.09 Å². The Morgan fingerprint density at radius 3 is 2.46 bits per heavy atom. The van der Waals surface area contributed by atoms with E-state index in [0.717, 1.165) is 43.4 Å². The minimum atomic E-state index is -4.33. The highest BCUT2D eigenvalue weighted by atomic mass is 35.5. The molecule has 3 aromatic rings. The van der Waals surface area contributed by atoms with Crippen molar-refractivity contribution in [3.8, 4) is 11.7 Å². The molecule has 4 heterocycles. The van der Waals surface area contributed by atoms with Gasteiger partial charge in [-0.25, -0.2) is 24.2 Å². The smallest absolute Gasteiger partial charge is 0.407 e. The van der Waals surface area contributed by atoms with Gasteiger partial charge in [-0.3, -0.25) is 4.79 Å². The first-order chi connectivity index (χ1) is 23.9. The number of carbonyl (C=O) groups is 2. The van der Waals surface area contributed by atoms with Crippen molar-refractivity contribution in [3.05, 3.63) is 53.3 Å². The van der Waals surface area contributed by atoms with Crippen molar-refractivity contribution in [3.63, 3.8) is 0 Å². The number of carbonyl (C=O) groups excluding carboxylic acids is 1. The van der Waals surface area contributed by atoms with Gasteiger partial charge in [0, 0.05) is 30.9 Å². The largest absolute Gasteiger partial charge is 0.477 e. The molecule has 1 atom stereocenters. The summed E-state index contributed by atoms with van der Waals surface area (Å²) in [6.45, 7) is 5.49. The summed E-state index contributed by atoms with van der Waals surface area (Å²) in [7, 11) is -4.33. The summed E-state index contributed by atoms with van der Waals surface area (Å²) in [4.78, 5) is 34.5. The van der Waals surface area contributed by atoms with Gasteiger partial charge in [-0.05, 0) is 87.5 Å². The third kappa shape index (κ3) is 8.34. The van der Waals surface area contributed by atoms with Gasteiger partial charge in [-0.15, -0.1) is 5.10 Å². The maximum atomic E-state index is 13.1. The zero-order chi connectivity index (χ0) is 35.5. The van der Waals surface area contributed by atoms with E-state index in [1.165, 1.54) is 72.4 Å². The maximum Gasteiger partial charge on any atom is 0.407 e. The number of rotatable bonds is 15. The summed E-state index contributed by atoms with van der Waals surface area (Å²) in [5, 5.41) is 16.5. The first kappa shape index (κ1) is 35.9. The van der Waals surface area contributed by atoms with Crippen LogP contribution in [0.1, 0.15) is 88.4 Å². The highest BCUT2D eigenvalue weighted by Crippen LogP contribution is 2.46. The van der Waals surface area contributed by atoms with Crippen molar-refractivity contribution >= 4 is 39.4 Å². The van der Waals surface area contributed by atoms with Crippen LogP contribution in [0.2, 0.25) is 5.15 Å². The molecule has 3 fully saturated rings. The molecule has 13 nitrogen and oxygen atoms in total. The van der Waals surface area contributed by atoms with Crippen molar-refractivity contribution in [2.75, 3.05) is 25.0 Å². The Morgan fingerprint density at radius 2 is 1.82 bits per heavy atom. The minimum absolute atomic E-state index is 0.119. The summed E-state index contributed by atoms with van der Waals surface area (Å²) in [5.41, 5.74) is -0.515. The number of amides is 2. The summed E-state index contributed by atoms with van der Waals surface area (Å²) < 4.78 is 35.7. The Balaban J connectivity index is 0.992. The van der Waals surface area contributed by atoms with E-state index < -0.39 is 27.6 Å². The summed E-state index contributed by atoms with van der Waals surface area (Å²) in [6.07, 6.45) is 12.2. The van der Waals surface area contributed by atoms with Crippen molar-refractivity contribution in [1.29, 1.82) is 0 Å². The number of pyridine rings is 2. The van der Waals surface area contributed by atoms with E-state index in [1.54, 1.807) is 18.3 Å². The third-order valence-electron chi connectivity index (χ3n) is 10.6. The first-order valence-electron chi connectivity index (χ1n) is 17.5. The molecule has 1 aliphatic heterocycles. The van der Waals surface area contributed by atoms with Gasteiger partial charge < -0.3 is 20.1 Å². The van der Waals surface area contributed by atoms with E-state index in [1.807, 2.05) is 18.6 Å². The number of anilines is 1. The van der Waals surface area contributed by atoms with Crippen LogP contribution in [0.25, 0.3) is 5.82 Å². The Kier molecular flexibility index (Phi) is 10.9. The van der Waals surface area contributed by atoms with E-state index in [9.17, 15) is 23.1 Å². The highest BCUT2D eigenvalue weighted by molar-refractivity contribution is 7.90. The number of sulfonamides is 1. The average molecular weight is 728 g/mol. The van der Waals surface area contributed by atoms with Crippen LogP contribution in [0.5, 0.6) is 5.88 Å². The van der Waals surface area contributed by atoms with Crippen LogP contribution >= 0.6 is 11.6 Å². The van der Waals surface area contributed by atoms with Crippen LogP contribution < -0.4 is 14.8 Å². The lowest BCUT2D eigenvalue weighted by Crippen LogP contribution is -2.41. The van der Waals surface area contributed by atoms with Gasteiger partial charge in [0.2, 0.25) is 5.88 Å². The second-order valence-corrected chi connectivity index (χ2v) is 16.4. The zero-order valence-corrected chi connectivity index (χ0v) is 30.1. The molecule has 50 heavy (non-hydrogen) atoms. The SMILES string of the molecule is CC1(C)C[C@H](CCCNc2cccc(S(=O)(=O)NC(=O)c3ccc(-n4ccc(OCCC(C5CCC5)C5CCC5)n4)nc3Cl)n2)CN1C(=O)O. The molecule has 0 bridgehead atoms. The number of ether oxygens (including phenoxy) is 1. The van der Waals surface area contributed by atoms with Gasteiger partial charge in [0.25, 0.3) is 15.9 Å². The fourth-order valence-corrected chi connectivity index (χ4v) is 8.71. The molecule has 0 aromatic carbocycles. The van der Waals surface area contributed by atoms with Crippen LogP contribution in [-0.2, 0) is 10.0 Å². The van der Waals surface area contributed by atoms with Crippen LogP contribution in [0.15, 0.2) is 47.6 Å². The zero-order valence-electron chi connectivity index (χ0n) is 28.6. The molecule has 270 valence electrons. The number of aromatic nitrogens is 4. The standard InChI is InChI=1S/C35H46ClN7O6S/c1-35(2)21-23(22-42(35)34(45)46)7-6-18-37-28-12-5-13-31(38-28)50(47,48)41-33(44)27-14-15-29(39-32(27)36)43-19-16-30(40-43)49-20-17-26(24-8-3-9-24)25-10-4-11-25/h5,12-16,19,23-26H,3-4,6-11,17-18,20-22H2,1-2H3,(H,37,38)(H,41,44)(H,45,46)/t23-/m0/s1. The molecule has 0 spiro atoms. The van der Waals surface area contributed by atoms with Gasteiger partial charge in [0.15, 0.2) is 10.8 Å². The number of likely N-dealkylation sites (tertiary alicyclic amines) is 1. The predicted molar refractivity (Wildman–Crippen MR) is 188 cm³/mol. The molecule has 3 aliphatic rings. The fourth-order valence-electron chi connectivity index (χ4n) is 7.54. The normalized spacial score (nSPS) is 19.2. The Morgan fingerprint density at radius 1 is 1.08 bits per heavy atom. The lowest BCUT2D eigenvalue weighted by Gasteiger charge is -2.42. The van der Waals surface area contributed by atoms with Gasteiger partial charge in [-0.1, -0.05) is 56.2 Å². The van der Waals surface area contributed by atoms with Gasteiger partial charge in [0.1, 0.15) is 11.0 Å². The molecule has 3 aromatic heterocycles. The number of nitrogens with one attached hydrogen (secondary N) is 2. The van der Waals surface area contributed by atoms with E-state index in [0.29, 0.717) is 37.2 Å². The quantitative estimate of drug-likeness (QED) is 0.118. The second kappa shape index (κ2) is 15.1. The number of halogens is 1. The van der Waals surface area contributed by atoms with Crippen molar-refractivity contribution in [2.45, 2.75) is 88.6 Å². The first-order valence-corrected chi connectivity index (χ1v) is 19.4. The van der Waals surface area contributed by atoms with E-state index in [4.69, 9.17) is 16.3 Å². The summed E-state index contributed by atoms with van der Waals surface area (Å²) in [6, 6.07) is 9.14.